The summed E-state index contributed by atoms with van der Waals surface area (Å²) in [5.41, 5.74) is 2.23. The van der Waals surface area contributed by atoms with E-state index in [9.17, 15) is 14.0 Å². The zero-order valence-corrected chi connectivity index (χ0v) is 11.2. The summed E-state index contributed by atoms with van der Waals surface area (Å²) < 4.78 is 31.8. The zero-order chi connectivity index (χ0) is 14.8. The van der Waals surface area contributed by atoms with E-state index in [4.69, 9.17) is 4.74 Å². The first-order chi connectivity index (χ1) is 10.2. The van der Waals surface area contributed by atoms with Crippen LogP contribution >= 0.6 is 0 Å². The summed E-state index contributed by atoms with van der Waals surface area (Å²) in [6.45, 7) is 0. The van der Waals surface area contributed by atoms with Crippen LogP contribution in [0.5, 0.6) is 11.6 Å². The number of hydrogen-bond acceptors (Lipinski definition) is 3. The van der Waals surface area contributed by atoms with Crippen LogP contribution in [0, 0.1) is 23.0 Å². The van der Waals surface area contributed by atoms with E-state index < -0.39 is 11.6 Å². The van der Waals surface area contributed by atoms with Gasteiger partial charge in [-0.1, -0.05) is 0 Å². The van der Waals surface area contributed by atoms with Crippen LogP contribution < -0.4 is 4.74 Å². The number of pyridine rings is 1. The summed E-state index contributed by atoms with van der Waals surface area (Å²) >= 11 is 0. The summed E-state index contributed by atoms with van der Waals surface area (Å²) in [6.07, 6.45) is 3.84. The molecule has 106 valence electrons. The van der Waals surface area contributed by atoms with Crippen LogP contribution in [0.1, 0.15) is 29.7 Å². The highest BCUT2D eigenvalue weighted by Crippen LogP contribution is 2.29. The number of aromatic nitrogens is 1. The van der Waals surface area contributed by atoms with Crippen molar-refractivity contribution in [3.8, 4) is 17.7 Å². The second-order valence-electron chi connectivity index (χ2n) is 4.97. The number of aryl methyl sites for hydroxylation is 2. The van der Waals surface area contributed by atoms with Crippen LogP contribution in [0.15, 0.2) is 24.3 Å². The van der Waals surface area contributed by atoms with Gasteiger partial charge in [0.25, 0.3) is 0 Å². The molecule has 3 nitrogen and oxygen atoms in total. The number of halogens is 2. The first kappa shape index (κ1) is 13.5. The Kier molecular flexibility index (Phi) is 3.53. The highest BCUT2D eigenvalue weighted by molar-refractivity contribution is 5.45. The van der Waals surface area contributed by atoms with Crippen LogP contribution in [0.4, 0.5) is 8.78 Å². The molecule has 0 amide bonds. The number of nitriles is 1. The van der Waals surface area contributed by atoms with Crippen LogP contribution in [0.3, 0.4) is 0 Å². The zero-order valence-electron chi connectivity index (χ0n) is 11.2. The van der Waals surface area contributed by atoms with E-state index in [0.717, 1.165) is 55.1 Å². The predicted octanol–water partition coefficient (Wildman–Crippen LogP) is 3.90. The van der Waals surface area contributed by atoms with E-state index in [1.807, 2.05) is 6.07 Å². The lowest BCUT2D eigenvalue weighted by Gasteiger charge is -2.16. The molecule has 0 fully saturated rings. The molecule has 3 rings (SSSR count). The maximum absolute atomic E-state index is 13.2. The maximum Gasteiger partial charge on any atom is 0.237 e. The van der Waals surface area contributed by atoms with Crippen molar-refractivity contribution < 1.29 is 13.5 Å². The number of rotatable bonds is 2. The fraction of sp³-hybridized carbons (Fsp3) is 0.250. The van der Waals surface area contributed by atoms with Gasteiger partial charge in [-0.3, -0.25) is 0 Å². The standard InChI is InChI=1S/C16H12F2N2O/c17-12-6-13(18)8-14(7-12)21-16-11(9-19)5-10-3-1-2-4-15(10)20-16/h5-8H,1-4H2. The molecule has 21 heavy (non-hydrogen) atoms. The van der Waals surface area contributed by atoms with Gasteiger partial charge in [-0.15, -0.1) is 0 Å². The highest BCUT2D eigenvalue weighted by atomic mass is 19.1. The molecule has 1 aliphatic carbocycles. The van der Waals surface area contributed by atoms with E-state index in [2.05, 4.69) is 4.98 Å². The third-order valence-electron chi connectivity index (χ3n) is 3.44. The second-order valence-corrected chi connectivity index (χ2v) is 4.97. The van der Waals surface area contributed by atoms with Crippen molar-refractivity contribution in [3.05, 3.63) is 52.7 Å². The van der Waals surface area contributed by atoms with Crippen molar-refractivity contribution in [2.45, 2.75) is 25.7 Å². The lowest BCUT2D eigenvalue weighted by Crippen LogP contribution is -2.07. The Bertz CT molecular complexity index is 718. The maximum atomic E-state index is 13.2. The van der Waals surface area contributed by atoms with Crippen LogP contribution in [-0.4, -0.2) is 4.98 Å². The topological polar surface area (TPSA) is 45.9 Å². The average Bonchev–Trinajstić information content (AvgIpc) is 2.45. The molecule has 1 aromatic heterocycles. The van der Waals surface area contributed by atoms with Crippen molar-refractivity contribution in [1.29, 1.82) is 5.26 Å². The van der Waals surface area contributed by atoms with E-state index in [1.54, 1.807) is 6.07 Å². The molecule has 0 bridgehead atoms. The van der Waals surface area contributed by atoms with E-state index in [0.29, 0.717) is 0 Å². The Morgan fingerprint density at radius 2 is 1.76 bits per heavy atom. The average molecular weight is 286 g/mol. The Morgan fingerprint density at radius 3 is 2.48 bits per heavy atom. The van der Waals surface area contributed by atoms with Gasteiger partial charge in [0, 0.05) is 23.9 Å². The molecule has 5 heteroatoms. The smallest absolute Gasteiger partial charge is 0.237 e. The summed E-state index contributed by atoms with van der Waals surface area (Å²) in [4.78, 5) is 4.35. The molecule has 0 aliphatic heterocycles. The minimum Gasteiger partial charge on any atom is -0.437 e. The second kappa shape index (κ2) is 5.49. The molecule has 2 aromatic rings. The van der Waals surface area contributed by atoms with Crippen molar-refractivity contribution in [2.24, 2.45) is 0 Å². The Morgan fingerprint density at radius 1 is 1.05 bits per heavy atom. The number of ether oxygens (including phenoxy) is 1. The number of hydrogen-bond donors (Lipinski definition) is 0. The third kappa shape index (κ3) is 2.84. The quantitative estimate of drug-likeness (QED) is 0.841. The number of fused-ring (bicyclic) bond motifs is 1. The van der Waals surface area contributed by atoms with Gasteiger partial charge >= 0.3 is 0 Å². The van der Waals surface area contributed by atoms with Gasteiger partial charge in [0.05, 0.1) is 0 Å². The monoisotopic (exact) mass is 286 g/mol. The predicted molar refractivity (Wildman–Crippen MR) is 72.0 cm³/mol. The fourth-order valence-electron chi connectivity index (χ4n) is 2.47. The first-order valence-electron chi connectivity index (χ1n) is 6.72. The molecule has 1 aliphatic rings. The van der Waals surface area contributed by atoms with Crippen LogP contribution in [0.25, 0.3) is 0 Å². The van der Waals surface area contributed by atoms with Gasteiger partial charge in [0.15, 0.2) is 0 Å². The summed E-state index contributed by atoms with van der Waals surface area (Å²) in [5.74, 6) is -1.38. The molecule has 0 unspecified atom stereocenters. The fourth-order valence-corrected chi connectivity index (χ4v) is 2.47. The van der Waals surface area contributed by atoms with Crippen molar-refractivity contribution in [1.82, 2.24) is 4.98 Å². The third-order valence-corrected chi connectivity index (χ3v) is 3.44. The van der Waals surface area contributed by atoms with Crippen LogP contribution in [0.2, 0.25) is 0 Å². The lowest BCUT2D eigenvalue weighted by atomic mass is 9.95. The number of nitrogens with zero attached hydrogens (tertiary/aromatic N) is 2. The van der Waals surface area contributed by atoms with E-state index >= 15 is 0 Å². The van der Waals surface area contributed by atoms with Crippen molar-refractivity contribution in [3.63, 3.8) is 0 Å². The largest absolute Gasteiger partial charge is 0.437 e. The van der Waals surface area contributed by atoms with E-state index in [-0.39, 0.29) is 17.2 Å². The van der Waals surface area contributed by atoms with E-state index in [1.165, 1.54) is 0 Å². The molecule has 1 heterocycles. The molecule has 0 saturated heterocycles. The van der Waals surface area contributed by atoms with Gasteiger partial charge in [0.1, 0.15) is 29.0 Å². The first-order valence-corrected chi connectivity index (χ1v) is 6.72. The molecule has 0 N–H and O–H groups in total. The molecule has 0 spiro atoms. The van der Waals surface area contributed by atoms with Gasteiger partial charge in [0.2, 0.25) is 5.88 Å². The minimum atomic E-state index is -0.735. The molecule has 0 radical (unpaired) electrons. The van der Waals surface area contributed by atoms with Gasteiger partial charge in [-0.2, -0.15) is 5.26 Å². The van der Waals surface area contributed by atoms with Gasteiger partial charge in [-0.05, 0) is 37.3 Å². The molecule has 0 atom stereocenters. The molecular weight excluding hydrogens is 274 g/mol. The summed E-state index contributed by atoms with van der Waals surface area (Å²) in [6, 6.07) is 6.66. The van der Waals surface area contributed by atoms with Crippen molar-refractivity contribution >= 4 is 0 Å². The molecular formula is C16H12F2N2O. The molecule has 1 aromatic carbocycles. The SMILES string of the molecule is N#Cc1cc2c(nc1Oc1cc(F)cc(F)c1)CCCC2. The Balaban J connectivity index is 1.99. The Labute approximate surface area is 120 Å². The molecule has 0 saturated carbocycles. The lowest BCUT2D eigenvalue weighted by molar-refractivity contribution is 0.445. The Hall–Kier alpha value is -2.48. The normalized spacial score (nSPS) is 13.4. The summed E-state index contributed by atoms with van der Waals surface area (Å²) in [5, 5.41) is 9.19. The minimum absolute atomic E-state index is 0.00717. The number of benzene rings is 1. The van der Waals surface area contributed by atoms with Gasteiger partial charge in [-0.25, -0.2) is 13.8 Å². The highest BCUT2D eigenvalue weighted by Gasteiger charge is 2.17. The van der Waals surface area contributed by atoms with Crippen LogP contribution in [-0.2, 0) is 12.8 Å². The summed E-state index contributed by atoms with van der Waals surface area (Å²) in [7, 11) is 0. The van der Waals surface area contributed by atoms with Crippen molar-refractivity contribution in [2.75, 3.05) is 0 Å². The van der Waals surface area contributed by atoms with Gasteiger partial charge < -0.3 is 4.74 Å².